The van der Waals surface area contributed by atoms with E-state index in [-0.39, 0.29) is 17.9 Å². The number of nitrogens with one attached hydrogen (secondary N) is 1. The first kappa shape index (κ1) is 13.0. The molecule has 3 rings (SSSR count). The van der Waals surface area contributed by atoms with E-state index in [1.807, 2.05) is 10.8 Å². The summed E-state index contributed by atoms with van der Waals surface area (Å²) in [6, 6.07) is 2.25. The molecule has 20 heavy (non-hydrogen) atoms. The molecule has 108 valence electrons. The molecule has 2 fully saturated rings. The molecule has 2 amide bonds. The first-order valence-electron chi connectivity index (χ1n) is 7.08. The van der Waals surface area contributed by atoms with Gasteiger partial charge in [-0.2, -0.15) is 0 Å². The van der Waals surface area contributed by atoms with Crippen LogP contribution in [0.4, 0.5) is 5.69 Å². The Morgan fingerprint density at radius 2 is 2.10 bits per heavy atom. The maximum atomic E-state index is 12.6. The summed E-state index contributed by atoms with van der Waals surface area (Å²) in [5, 5.41) is 2.87. The molecule has 0 aromatic carbocycles. The standard InChI is InChI=1S/C14H20N4O2/c1-9(19)16-11-4-5-17(8-11)14(20)13-6-10(15)7-18(13)12-2-3-12/h6-7,11-12H,2-5,8,15H2,1H3,(H,16,19). The van der Waals surface area contributed by atoms with Crippen LogP contribution < -0.4 is 11.1 Å². The Morgan fingerprint density at radius 1 is 1.35 bits per heavy atom. The molecule has 1 atom stereocenters. The monoisotopic (exact) mass is 276 g/mol. The fraction of sp³-hybridized carbons (Fsp3) is 0.571. The summed E-state index contributed by atoms with van der Waals surface area (Å²) >= 11 is 0. The van der Waals surface area contributed by atoms with Gasteiger partial charge >= 0.3 is 0 Å². The van der Waals surface area contributed by atoms with Crippen LogP contribution in [0.5, 0.6) is 0 Å². The van der Waals surface area contributed by atoms with Gasteiger partial charge in [-0.25, -0.2) is 0 Å². The molecule has 1 aliphatic heterocycles. The van der Waals surface area contributed by atoms with E-state index in [2.05, 4.69) is 5.32 Å². The highest BCUT2D eigenvalue weighted by molar-refractivity contribution is 5.94. The van der Waals surface area contributed by atoms with Crippen LogP contribution >= 0.6 is 0 Å². The number of rotatable bonds is 3. The number of amides is 2. The lowest BCUT2D eigenvalue weighted by Gasteiger charge is -2.18. The Labute approximate surface area is 117 Å². The molecule has 0 bridgehead atoms. The molecule has 1 unspecified atom stereocenters. The predicted molar refractivity (Wildman–Crippen MR) is 75.2 cm³/mol. The minimum atomic E-state index is -0.0464. The van der Waals surface area contributed by atoms with E-state index in [9.17, 15) is 9.59 Å². The summed E-state index contributed by atoms with van der Waals surface area (Å²) in [5.74, 6) is -0.0312. The number of hydrogen-bond donors (Lipinski definition) is 2. The Bertz CT molecular complexity index is 547. The van der Waals surface area contributed by atoms with Crippen LogP contribution in [0.15, 0.2) is 12.3 Å². The van der Waals surface area contributed by atoms with E-state index in [1.54, 1.807) is 11.0 Å². The van der Waals surface area contributed by atoms with Crippen molar-refractivity contribution in [3.8, 4) is 0 Å². The van der Waals surface area contributed by atoms with Crippen LogP contribution in [0.2, 0.25) is 0 Å². The molecular formula is C14H20N4O2. The van der Waals surface area contributed by atoms with E-state index in [1.165, 1.54) is 6.92 Å². The minimum absolute atomic E-state index is 0.0152. The van der Waals surface area contributed by atoms with Crippen molar-refractivity contribution in [1.29, 1.82) is 0 Å². The summed E-state index contributed by atoms with van der Waals surface area (Å²) in [4.78, 5) is 25.4. The van der Waals surface area contributed by atoms with Gasteiger partial charge in [0, 0.05) is 38.3 Å². The highest BCUT2D eigenvalue weighted by atomic mass is 16.2. The van der Waals surface area contributed by atoms with Crippen molar-refractivity contribution in [3.05, 3.63) is 18.0 Å². The number of nitrogen functional groups attached to an aromatic ring is 1. The zero-order valence-electron chi connectivity index (χ0n) is 11.6. The maximum Gasteiger partial charge on any atom is 0.270 e. The third kappa shape index (κ3) is 2.50. The van der Waals surface area contributed by atoms with Crippen LogP contribution in [0.1, 0.15) is 42.7 Å². The quantitative estimate of drug-likeness (QED) is 0.855. The number of hydrogen-bond acceptors (Lipinski definition) is 3. The number of anilines is 1. The van der Waals surface area contributed by atoms with Crippen molar-refractivity contribution in [2.24, 2.45) is 0 Å². The van der Waals surface area contributed by atoms with Gasteiger partial charge in [0.1, 0.15) is 5.69 Å². The van der Waals surface area contributed by atoms with Gasteiger partial charge in [-0.05, 0) is 25.3 Å². The second kappa shape index (κ2) is 4.85. The second-order valence-corrected chi connectivity index (χ2v) is 5.73. The van der Waals surface area contributed by atoms with E-state index in [4.69, 9.17) is 5.73 Å². The molecule has 6 heteroatoms. The zero-order valence-corrected chi connectivity index (χ0v) is 11.6. The Kier molecular flexibility index (Phi) is 3.16. The second-order valence-electron chi connectivity index (χ2n) is 5.73. The van der Waals surface area contributed by atoms with E-state index in [0.29, 0.717) is 30.5 Å². The Hall–Kier alpha value is -1.98. The molecule has 1 saturated heterocycles. The topological polar surface area (TPSA) is 80.4 Å². The van der Waals surface area contributed by atoms with Gasteiger partial charge in [0.05, 0.1) is 5.69 Å². The van der Waals surface area contributed by atoms with Gasteiger partial charge in [0.2, 0.25) is 5.91 Å². The number of likely N-dealkylation sites (tertiary alicyclic amines) is 1. The summed E-state index contributed by atoms with van der Waals surface area (Å²) < 4.78 is 2.00. The lowest BCUT2D eigenvalue weighted by Crippen LogP contribution is -2.37. The van der Waals surface area contributed by atoms with Gasteiger partial charge in [0.25, 0.3) is 5.91 Å². The van der Waals surface area contributed by atoms with Crippen LogP contribution in [0.3, 0.4) is 0 Å². The summed E-state index contributed by atoms with van der Waals surface area (Å²) in [6.45, 7) is 2.76. The molecule has 1 aromatic rings. The van der Waals surface area contributed by atoms with Crippen molar-refractivity contribution in [2.75, 3.05) is 18.8 Å². The van der Waals surface area contributed by atoms with Crippen molar-refractivity contribution in [1.82, 2.24) is 14.8 Å². The fourth-order valence-corrected chi connectivity index (χ4v) is 2.84. The first-order chi connectivity index (χ1) is 9.54. The van der Waals surface area contributed by atoms with Gasteiger partial charge in [-0.3, -0.25) is 9.59 Å². The molecule has 6 nitrogen and oxygen atoms in total. The highest BCUT2D eigenvalue weighted by Gasteiger charge is 2.32. The number of carbonyl (C=O) groups excluding carboxylic acids is 2. The fourth-order valence-electron chi connectivity index (χ4n) is 2.84. The normalized spacial score (nSPS) is 22.1. The summed E-state index contributed by atoms with van der Waals surface area (Å²) in [6.07, 6.45) is 4.89. The van der Waals surface area contributed by atoms with Crippen molar-refractivity contribution in [2.45, 2.75) is 38.3 Å². The number of nitrogens with zero attached hydrogens (tertiary/aromatic N) is 2. The number of aromatic nitrogens is 1. The first-order valence-corrected chi connectivity index (χ1v) is 7.08. The van der Waals surface area contributed by atoms with E-state index in [0.717, 1.165) is 19.3 Å². The highest BCUT2D eigenvalue weighted by Crippen LogP contribution is 2.37. The molecule has 3 N–H and O–H groups in total. The van der Waals surface area contributed by atoms with E-state index >= 15 is 0 Å². The average molecular weight is 276 g/mol. The van der Waals surface area contributed by atoms with Crippen molar-refractivity contribution in [3.63, 3.8) is 0 Å². The van der Waals surface area contributed by atoms with Crippen LogP contribution in [0.25, 0.3) is 0 Å². The molecule has 1 aliphatic carbocycles. The SMILES string of the molecule is CC(=O)NC1CCN(C(=O)c2cc(N)cn2C2CC2)C1. The third-order valence-electron chi connectivity index (χ3n) is 3.91. The molecule has 0 spiro atoms. The molecular weight excluding hydrogens is 256 g/mol. The lowest BCUT2D eigenvalue weighted by molar-refractivity contribution is -0.119. The average Bonchev–Trinajstić information content (AvgIpc) is 3.01. The molecule has 2 heterocycles. The van der Waals surface area contributed by atoms with Gasteiger partial charge in [-0.1, -0.05) is 0 Å². The summed E-state index contributed by atoms with van der Waals surface area (Å²) in [5.41, 5.74) is 7.14. The largest absolute Gasteiger partial charge is 0.397 e. The molecule has 0 radical (unpaired) electrons. The van der Waals surface area contributed by atoms with Gasteiger partial charge in [0.15, 0.2) is 0 Å². The Balaban J connectivity index is 1.72. The van der Waals surface area contributed by atoms with Crippen LogP contribution in [-0.2, 0) is 4.79 Å². The molecule has 2 aliphatic rings. The summed E-state index contributed by atoms with van der Waals surface area (Å²) in [7, 11) is 0. The lowest BCUT2D eigenvalue weighted by atomic mass is 10.2. The zero-order chi connectivity index (χ0) is 14.3. The van der Waals surface area contributed by atoms with Crippen molar-refractivity contribution >= 4 is 17.5 Å². The third-order valence-corrected chi connectivity index (χ3v) is 3.91. The number of carbonyl (C=O) groups is 2. The minimum Gasteiger partial charge on any atom is -0.397 e. The predicted octanol–water partition coefficient (Wildman–Crippen LogP) is 0.756. The maximum absolute atomic E-state index is 12.6. The molecule has 1 aromatic heterocycles. The van der Waals surface area contributed by atoms with Gasteiger partial charge in [-0.15, -0.1) is 0 Å². The van der Waals surface area contributed by atoms with Crippen molar-refractivity contribution < 1.29 is 9.59 Å². The Morgan fingerprint density at radius 3 is 2.75 bits per heavy atom. The number of nitrogens with two attached hydrogens (primary N) is 1. The smallest absolute Gasteiger partial charge is 0.270 e. The molecule has 1 saturated carbocycles. The van der Waals surface area contributed by atoms with Crippen LogP contribution in [-0.4, -0.2) is 40.4 Å². The van der Waals surface area contributed by atoms with Gasteiger partial charge < -0.3 is 20.5 Å². The van der Waals surface area contributed by atoms with Crippen LogP contribution in [0, 0.1) is 0 Å². The van der Waals surface area contributed by atoms with E-state index < -0.39 is 0 Å².